The summed E-state index contributed by atoms with van der Waals surface area (Å²) in [6.45, 7) is 2.98. The van der Waals surface area contributed by atoms with E-state index in [1.165, 1.54) is 0 Å². The molecule has 0 fully saturated rings. The average molecular weight is 242 g/mol. The molecule has 1 rings (SSSR count). The van der Waals surface area contributed by atoms with Crippen molar-refractivity contribution in [1.29, 1.82) is 0 Å². The van der Waals surface area contributed by atoms with Crippen LogP contribution >= 0.6 is 11.6 Å². The Morgan fingerprint density at radius 2 is 2.19 bits per heavy atom. The van der Waals surface area contributed by atoms with Gasteiger partial charge in [0.15, 0.2) is 0 Å². The first-order valence-electron chi connectivity index (χ1n) is 5.34. The lowest BCUT2D eigenvalue weighted by atomic mass is 10.2. The molecule has 0 radical (unpaired) electrons. The van der Waals surface area contributed by atoms with Gasteiger partial charge in [-0.1, -0.05) is 24.6 Å². The highest BCUT2D eigenvalue weighted by atomic mass is 35.5. The molecule has 0 aliphatic heterocycles. The van der Waals surface area contributed by atoms with Crippen LogP contribution in [0.5, 0.6) is 0 Å². The summed E-state index contributed by atoms with van der Waals surface area (Å²) in [5, 5.41) is 9.44. The first-order chi connectivity index (χ1) is 7.69. The molecule has 0 aliphatic carbocycles. The number of hydrogen-bond acceptors (Lipinski definition) is 2. The van der Waals surface area contributed by atoms with E-state index >= 15 is 0 Å². The molecule has 0 saturated heterocycles. The number of hydrogen-bond donors (Lipinski definition) is 1. The minimum atomic E-state index is -0.0848. The maximum Gasteiger partial charge on any atom is 0.253 e. The van der Waals surface area contributed by atoms with Crippen LogP contribution in [-0.4, -0.2) is 35.6 Å². The fourth-order valence-corrected chi connectivity index (χ4v) is 1.70. The highest BCUT2D eigenvalue weighted by Gasteiger charge is 2.14. The van der Waals surface area contributed by atoms with E-state index < -0.39 is 0 Å². The van der Waals surface area contributed by atoms with E-state index in [1.807, 2.05) is 6.92 Å². The highest BCUT2D eigenvalue weighted by molar-refractivity contribution is 6.30. The molecule has 0 spiro atoms. The molecule has 0 atom stereocenters. The summed E-state index contributed by atoms with van der Waals surface area (Å²) >= 11 is 5.83. The van der Waals surface area contributed by atoms with E-state index in [0.717, 1.165) is 6.42 Å². The molecular formula is C12H16ClNO2. The van der Waals surface area contributed by atoms with Crippen molar-refractivity contribution in [2.75, 3.05) is 19.7 Å². The summed E-state index contributed by atoms with van der Waals surface area (Å²) in [5.41, 5.74) is 0.564. The topological polar surface area (TPSA) is 40.5 Å². The number of benzene rings is 1. The fourth-order valence-electron chi connectivity index (χ4n) is 1.51. The van der Waals surface area contributed by atoms with Gasteiger partial charge < -0.3 is 10.0 Å². The molecule has 88 valence electrons. The Morgan fingerprint density at radius 1 is 1.44 bits per heavy atom. The summed E-state index contributed by atoms with van der Waals surface area (Å²) in [6.07, 6.45) is 0.867. The van der Waals surface area contributed by atoms with Crippen LogP contribution in [-0.2, 0) is 0 Å². The zero-order valence-corrected chi connectivity index (χ0v) is 10.1. The molecular weight excluding hydrogens is 226 g/mol. The van der Waals surface area contributed by atoms with Gasteiger partial charge in [-0.05, 0) is 24.6 Å². The lowest BCUT2D eigenvalue weighted by Crippen LogP contribution is -2.34. The second kappa shape index (κ2) is 6.51. The first-order valence-corrected chi connectivity index (χ1v) is 5.72. The molecule has 0 heterocycles. The number of aliphatic hydroxyl groups is 1. The van der Waals surface area contributed by atoms with E-state index in [2.05, 4.69) is 0 Å². The quantitative estimate of drug-likeness (QED) is 0.859. The van der Waals surface area contributed by atoms with Gasteiger partial charge in [0.1, 0.15) is 0 Å². The lowest BCUT2D eigenvalue weighted by Gasteiger charge is -2.21. The molecule has 0 unspecified atom stereocenters. The molecule has 0 aliphatic rings. The van der Waals surface area contributed by atoms with Gasteiger partial charge in [0.2, 0.25) is 0 Å². The van der Waals surface area contributed by atoms with Gasteiger partial charge in [0, 0.05) is 23.7 Å². The zero-order valence-electron chi connectivity index (χ0n) is 9.32. The smallest absolute Gasteiger partial charge is 0.253 e. The largest absolute Gasteiger partial charge is 0.395 e. The Kier molecular flexibility index (Phi) is 5.29. The van der Waals surface area contributed by atoms with Crippen LogP contribution in [0.1, 0.15) is 23.7 Å². The van der Waals surface area contributed by atoms with Gasteiger partial charge >= 0.3 is 0 Å². The Bertz CT molecular complexity index is 349. The van der Waals surface area contributed by atoms with Gasteiger partial charge in [0.25, 0.3) is 5.91 Å². The van der Waals surface area contributed by atoms with Crippen LogP contribution < -0.4 is 0 Å². The number of halogens is 1. The van der Waals surface area contributed by atoms with Crippen molar-refractivity contribution in [3.63, 3.8) is 0 Å². The number of amides is 1. The fraction of sp³-hybridized carbons (Fsp3) is 0.417. The van der Waals surface area contributed by atoms with Crippen molar-refractivity contribution in [3.05, 3.63) is 34.9 Å². The lowest BCUT2D eigenvalue weighted by molar-refractivity contribution is 0.0722. The normalized spacial score (nSPS) is 10.2. The molecule has 4 heteroatoms. The molecule has 0 bridgehead atoms. The second-order valence-electron chi connectivity index (χ2n) is 3.53. The first kappa shape index (κ1) is 13.0. The summed E-state index contributed by atoms with van der Waals surface area (Å²) < 4.78 is 0. The molecule has 3 nitrogen and oxygen atoms in total. The SMILES string of the molecule is CCCN(CCO)C(=O)c1cccc(Cl)c1. The molecule has 0 aromatic heterocycles. The predicted molar refractivity (Wildman–Crippen MR) is 64.7 cm³/mol. The van der Waals surface area contributed by atoms with Gasteiger partial charge in [-0.15, -0.1) is 0 Å². The Labute approximate surface area is 101 Å². The Balaban J connectivity index is 2.81. The number of carbonyl (C=O) groups is 1. The van der Waals surface area contributed by atoms with Gasteiger partial charge in [0.05, 0.1) is 6.61 Å². The van der Waals surface area contributed by atoms with E-state index in [9.17, 15) is 4.79 Å². The van der Waals surface area contributed by atoms with Crippen LogP contribution in [0.4, 0.5) is 0 Å². The van der Waals surface area contributed by atoms with E-state index in [4.69, 9.17) is 16.7 Å². The van der Waals surface area contributed by atoms with Crippen molar-refractivity contribution in [2.24, 2.45) is 0 Å². The zero-order chi connectivity index (χ0) is 12.0. The van der Waals surface area contributed by atoms with Gasteiger partial charge in [-0.2, -0.15) is 0 Å². The summed E-state index contributed by atoms with van der Waals surface area (Å²) in [7, 11) is 0. The molecule has 1 aromatic carbocycles. The van der Waals surface area contributed by atoms with Gasteiger partial charge in [-0.25, -0.2) is 0 Å². The summed E-state index contributed by atoms with van der Waals surface area (Å²) in [5.74, 6) is -0.0848. The Hall–Kier alpha value is -1.06. The van der Waals surface area contributed by atoms with Crippen molar-refractivity contribution in [3.8, 4) is 0 Å². The van der Waals surface area contributed by atoms with Crippen LogP contribution in [0.15, 0.2) is 24.3 Å². The third kappa shape index (κ3) is 3.51. The standard InChI is InChI=1S/C12H16ClNO2/c1-2-6-14(7-8-15)12(16)10-4-3-5-11(13)9-10/h3-5,9,15H,2,6-8H2,1H3. The summed E-state index contributed by atoms with van der Waals surface area (Å²) in [4.78, 5) is 13.7. The average Bonchev–Trinajstić information content (AvgIpc) is 2.28. The van der Waals surface area contributed by atoms with E-state index in [0.29, 0.717) is 23.7 Å². The van der Waals surface area contributed by atoms with Crippen LogP contribution in [0, 0.1) is 0 Å². The number of aliphatic hydroxyl groups excluding tert-OH is 1. The van der Waals surface area contributed by atoms with Crippen molar-refractivity contribution in [2.45, 2.75) is 13.3 Å². The van der Waals surface area contributed by atoms with Crippen LogP contribution in [0.3, 0.4) is 0 Å². The maximum atomic E-state index is 12.0. The highest BCUT2D eigenvalue weighted by Crippen LogP contribution is 2.12. The van der Waals surface area contributed by atoms with E-state index in [-0.39, 0.29) is 12.5 Å². The minimum absolute atomic E-state index is 0.0215. The number of nitrogens with zero attached hydrogens (tertiary/aromatic N) is 1. The third-order valence-electron chi connectivity index (χ3n) is 2.22. The van der Waals surface area contributed by atoms with Gasteiger partial charge in [-0.3, -0.25) is 4.79 Å². The minimum Gasteiger partial charge on any atom is -0.395 e. The molecule has 1 N–H and O–H groups in total. The van der Waals surface area contributed by atoms with Crippen molar-refractivity contribution in [1.82, 2.24) is 4.90 Å². The van der Waals surface area contributed by atoms with E-state index in [1.54, 1.807) is 29.2 Å². The number of carbonyl (C=O) groups excluding carboxylic acids is 1. The van der Waals surface area contributed by atoms with Crippen LogP contribution in [0.25, 0.3) is 0 Å². The molecule has 1 amide bonds. The van der Waals surface area contributed by atoms with Crippen molar-refractivity contribution < 1.29 is 9.90 Å². The molecule has 16 heavy (non-hydrogen) atoms. The molecule has 1 aromatic rings. The maximum absolute atomic E-state index is 12.0. The van der Waals surface area contributed by atoms with Crippen LogP contribution in [0.2, 0.25) is 5.02 Å². The molecule has 0 saturated carbocycles. The number of rotatable bonds is 5. The Morgan fingerprint density at radius 3 is 2.75 bits per heavy atom. The third-order valence-corrected chi connectivity index (χ3v) is 2.46. The summed E-state index contributed by atoms with van der Waals surface area (Å²) in [6, 6.07) is 6.85. The monoisotopic (exact) mass is 241 g/mol. The van der Waals surface area contributed by atoms with Crippen molar-refractivity contribution >= 4 is 17.5 Å². The second-order valence-corrected chi connectivity index (χ2v) is 3.96. The predicted octanol–water partition coefficient (Wildman–Crippen LogP) is 2.18.